The molecular formula is C14H10Cl4N4. The lowest BCUT2D eigenvalue weighted by molar-refractivity contribution is 1.23. The summed E-state index contributed by atoms with van der Waals surface area (Å²) >= 11 is 22.6. The number of nitriles is 1. The Hall–Kier alpha value is -1.64. The second kappa shape index (κ2) is 8.72. The lowest BCUT2D eigenvalue weighted by atomic mass is 10.2. The highest BCUT2D eigenvalue weighted by molar-refractivity contribution is 6.42. The van der Waals surface area contributed by atoms with Crippen LogP contribution in [0.5, 0.6) is 0 Å². The molecule has 8 heteroatoms. The van der Waals surface area contributed by atoms with Gasteiger partial charge in [-0.1, -0.05) is 46.4 Å². The molecule has 0 heterocycles. The van der Waals surface area contributed by atoms with Crippen molar-refractivity contribution in [2.45, 2.75) is 0 Å². The molecule has 0 spiro atoms. The Balaban J connectivity index is 0.000000224. The standard InChI is InChI=1S/C7H7Cl2N3.C7H3Cl2N/c8-5-2-1-4(3-6(5)9)7(10)12-11;8-6-2-1-5(4-10)3-7(6)9/h1-3H,11H2,(H2,10,12);1-3H. The number of nitrogens with zero attached hydrogens (tertiary/aromatic N) is 2. The van der Waals surface area contributed by atoms with Gasteiger partial charge < -0.3 is 11.6 Å². The van der Waals surface area contributed by atoms with Crippen molar-refractivity contribution in [1.82, 2.24) is 0 Å². The summed E-state index contributed by atoms with van der Waals surface area (Å²) in [6, 6.07) is 11.6. The maximum Gasteiger partial charge on any atom is 0.150 e. The summed E-state index contributed by atoms with van der Waals surface area (Å²) in [6.07, 6.45) is 0. The van der Waals surface area contributed by atoms with E-state index >= 15 is 0 Å². The molecule has 4 N–H and O–H groups in total. The first-order chi connectivity index (χ1) is 10.4. The Kier molecular flexibility index (Phi) is 7.30. The highest BCUT2D eigenvalue weighted by atomic mass is 35.5. The maximum absolute atomic E-state index is 8.40. The average Bonchev–Trinajstić information content (AvgIpc) is 2.52. The van der Waals surface area contributed by atoms with Crippen LogP contribution in [0.25, 0.3) is 0 Å². The van der Waals surface area contributed by atoms with Crippen molar-refractivity contribution in [3.05, 3.63) is 67.6 Å². The van der Waals surface area contributed by atoms with Crippen molar-refractivity contribution < 1.29 is 0 Å². The van der Waals surface area contributed by atoms with Gasteiger partial charge in [0.1, 0.15) is 5.84 Å². The third kappa shape index (κ3) is 5.28. The molecule has 0 bridgehead atoms. The highest BCUT2D eigenvalue weighted by Crippen LogP contribution is 2.22. The molecular weight excluding hydrogens is 366 g/mol. The van der Waals surface area contributed by atoms with Crippen LogP contribution in [-0.2, 0) is 0 Å². The van der Waals surface area contributed by atoms with Crippen molar-refractivity contribution in [2.24, 2.45) is 16.7 Å². The quantitative estimate of drug-likeness (QED) is 0.334. The predicted molar refractivity (Wildman–Crippen MR) is 92.6 cm³/mol. The van der Waals surface area contributed by atoms with Gasteiger partial charge in [0.15, 0.2) is 0 Å². The van der Waals surface area contributed by atoms with Gasteiger partial charge in [0.05, 0.1) is 31.7 Å². The molecule has 2 aromatic carbocycles. The minimum atomic E-state index is 0.230. The van der Waals surface area contributed by atoms with Gasteiger partial charge in [0.25, 0.3) is 0 Å². The number of hydrogen-bond donors (Lipinski definition) is 2. The van der Waals surface area contributed by atoms with E-state index in [4.69, 9.17) is 63.2 Å². The van der Waals surface area contributed by atoms with Gasteiger partial charge in [-0.3, -0.25) is 0 Å². The summed E-state index contributed by atoms with van der Waals surface area (Å²) in [4.78, 5) is 0. The summed E-state index contributed by atoms with van der Waals surface area (Å²) in [5.41, 5.74) is 6.62. The number of benzene rings is 2. The molecule has 0 fully saturated rings. The number of nitrogens with two attached hydrogens (primary N) is 2. The second-order valence-electron chi connectivity index (χ2n) is 3.88. The Bertz CT molecular complexity index is 738. The summed E-state index contributed by atoms with van der Waals surface area (Å²) in [5.74, 6) is 5.21. The summed E-state index contributed by atoms with van der Waals surface area (Å²) < 4.78 is 0. The molecule has 0 amide bonds. The van der Waals surface area contributed by atoms with Crippen molar-refractivity contribution in [2.75, 3.05) is 0 Å². The number of rotatable bonds is 1. The van der Waals surface area contributed by atoms with Gasteiger partial charge in [-0.15, -0.1) is 0 Å². The van der Waals surface area contributed by atoms with Gasteiger partial charge in [0.2, 0.25) is 0 Å². The molecule has 2 aromatic rings. The molecule has 4 nitrogen and oxygen atoms in total. The van der Waals surface area contributed by atoms with E-state index in [1.807, 2.05) is 6.07 Å². The molecule has 0 aliphatic carbocycles. The maximum atomic E-state index is 8.40. The third-order valence-corrected chi connectivity index (χ3v) is 3.88. The van der Waals surface area contributed by atoms with E-state index in [9.17, 15) is 0 Å². The molecule has 0 aliphatic heterocycles. The van der Waals surface area contributed by atoms with Crippen LogP contribution >= 0.6 is 46.4 Å². The van der Waals surface area contributed by atoms with Gasteiger partial charge in [-0.05, 0) is 36.4 Å². The largest absolute Gasteiger partial charge is 0.382 e. The topological polar surface area (TPSA) is 88.2 Å². The minimum absolute atomic E-state index is 0.230. The van der Waals surface area contributed by atoms with Crippen LogP contribution < -0.4 is 11.6 Å². The number of halogens is 4. The fourth-order valence-corrected chi connectivity index (χ4v) is 1.89. The van der Waals surface area contributed by atoms with Crippen LogP contribution in [0.4, 0.5) is 0 Å². The van der Waals surface area contributed by atoms with E-state index in [2.05, 4.69) is 5.10 Å². The zero-order valence-electron chi connectivity index (χ0n) is 11.0. The van der Waals surface area contributed by atoms with Gasteiger partial charge >= 0.3 is 0 Å². The molecule has 0 aliphatic rings. The predicted octanol–water partition coefficient (Wildman–Crippen LogP) is 4.44. The molecule has 0 atom stereocenters. The van der Waals surface area contributed by atoms with Crippen LogP contribution in [-0.4, -0.2) is 5.84 Å². The van der Waals surface area contributed by atoms with E-state index in [0.717, 1.165) is 0 Å². The number of hydrazone groups is 1. The fraction of sp³-hybridized carbons (Fsp3) is 0. The zero-order valence-corrected chi connectivity index (χ0v) is 14.0. The van der Waals surface area contributed by atoms with Crippen molar-refractivity contribution in [3.63, 3.8) is 0 Å². The Morgan fingerprint density at radius 3 is 1.91 bits per heavy atom. The van der Waals surface area contributed by atoms with Gasteiger partial charge in [-0.25, -0.2) is 0 Å². The van der Waals surface area contributed by atoms with Crippen molar-refractivity contribution >= 4 is 52.2 Å². The lowest BCUT2D eigenvalue weighted by Crippen LogP contribution is -2.15. The first kappa shape index (κ1) is 18.4. The van der Waals surface area contributed by atoms with Crippen LogP contribution in [0.1, 0.15) is 11.1 Å². The normalized spacial score (nSPS) is 10.4. The van der Waals surface area contributed by atoms with E-state index in [-0.39, 0.29) is 5.84 Å². The fourth-order valence-electron chi connectivity index (χ4n) is 1.30. The van der Waals surface area contributed by atoms with E-state index < -0.39 is 0 Å². The molecule has 0 saturated carbocycles. The number of hydrogen-bond acceptors (Lipinski definition) is 3. The first-order valence-electron chi connectivity index (χ1n) is 5.73. The first-order valence-corrected chi connectivity index (χ1v) is 7.24. The molecule has 114 valence electrons. The Morgan fingerprint density at radius 2 is 1.45 bits per heavy atom. The molecule has 22 heavy (non-hydrogen) atoms. The molecule has 0 saturated heterocycles. The highest BCUT2D eigenvalue weighted by Gasteiger charge is 2.01. The van der Waals surface area contributed by atoms with E-state index in [1.165, 1.54) is 6.07 Å². The van der Waals surface area contributed by atoms with Crippen LogP contribution in [0.3, 0.4) is 0 Å². The van der Waals surface area contributed by atoms with Crippen LogP contribution in [0, 0.1) is 11.3 Å². The molecule has 2 rings (SSSR count). The van der Waals surface area contributed by atoms with Crippen molar-refractivity contribution in [1.29, 1.82) is 5.26 Å². The van der Waals surface area contributed by atoms with E-state index in [1.54, 1.807) is 30.3 Å². The molecule has 0 aromatic heterocycles. The Labute approximate surface area is 147 Å². The zero-order chi connectivity index (χ0) is 16.7. The van der Waals surface area contributed by atoms with Gasteiger partial charge in [0, 0.05) is 5.56 Å². The third-order valence-electron chi connectivity index (χ3n) is 2.40. The number of amidine groups is 1. The van der Waals surface area contributed by atoms with Crippen LogP contribution in [0.15, 0.2) is 41.5 Å². The minimum Gasteiger partial charge on any atom is -0.382 e. The molecule has 0 unspecified atom stereocenters. The summed E-state index contributed by atoms with van der Waals surface area (Å²) in [7, 11) is 0. The van der Waals surface area contributed by atoms with Gasteiger partial charge in [-0.2, -0.15) is 10.4 Å². The Morgan fingerprint density at radius 1 is 0.909 bits per heavy atom. The summed E-state index contributed by atoms with van der Waals surface area (Å²) in [5, 5.41) is 13.5. The van der Waals surface area contributed by atoms with Crippen molar-refractivity contribution in [3.8, 4) is 6.07 Å². The van der Waals surface area contributed by atoms with E-state index in [0.29, 0.717) is 31.2 Å². The lowest BCUT2D eigenvalue weighted by Gasteiger charge is -2.00. The molecule has 0 radical (unpaired) electrons. The van der Waals surface area contributed by atoms with Crippen LogP contribution in [0.2, 0.25) is 20.1 Å². The second-order valence-corrected chi connectivity index (χ2v) is 5.51. The smallest absolute Gasteiger partial charge is 0.150 e. The monoisotopic (exact) mass is 374 g/mol. The SMILES string of the molecule is N#Cc1ccc(Cl)c(Cl)c1.NN=C(N)c1ccc(Cl)c(Cl)c1. The average molecular weight is 376 g/mol. The summed E-state index contributed by atoms with van der Waals surface area (Å²) in [6.45, 7) is 0.